The first-order valence-electron chi connectivity index (χ1n) is 40.8. The number of phosphoric ester groups is 2. The molecule has 0 aliphatic heterocycles. The minimum atomic E-state index is -4.31. The Labute approximate surface area is 700 Å². The highest BCUT2D eigenvalue weighted by Crippen LogP contribution is 2.50. The highest BCUT2D eigenvalue weighted by atomic mass is 31.2. The van der Waals surface area contributed by atoms with E-state index in [4.69, 9.17) is 49.5 Å². The van der Waals surface area contributed by atoms with Gasteiger partial charge in [-0.05, 0) is 169 Å². The minimum absolute atomic E-state index is 0. The minimum Gasteiger partial charge on any atom is -0.379 e. The highest BCUT2D eigenvalue weighted by Gasteiger charge is 2.31. The number of carbonyl (C=O) groups is 3. The van der Waals surface area contributed by atoms with Gasteiger partial charge in [0.15, 0.2) is 0 Å². The maximum atomic E-state index is 14.1. The van der Waals surface area contributed by atoms with Crippen LogP contribution in [0.25, 0.3) is 0 Å². The zero-order valence-corrected chi connectivity index (χ0v) is 69.3. The van der Waals surface area contributed by atoms with Crippen LogP contribution >= 0.6 is 15.6 Å². The molecule has 0 aromatic rings. The van der Waals surface area contributed by atoms with Crippen molar-refractivity contribution < 1.29 is 91.5 Å². The van der Waals surface area contributed by atoms with Crippen molar-refractivity contribution in [1.29, 1.82) is 0 Å². The Morgan fingerprint density at radius 3 is 0.964 bits per heavy atom. The first kappa shape index (κ1) is 103. The van der Waals surface area contributed by atoms with E-state index in [0.717, 1.165) is 103 Å². The summed E-state index contributed by atoms with van der Waals surface area (Å²) in [5.41, 5.74) is 0. The summed E-state index contributed by atoms with van der Waals surface area (Å²) in [6.07, 6.45) is 54.9. The van der Waals surface area contributed by atoms with E-state index in [0.29, 0.717) is 51.7 Å². The van der Waals surface area contributed by atoms with E-state index < -0.39 is 33.8 Å². The summed E-state index contributed by atoms with van der Waals surface area (Å²) in [5, 5.41) is 11.3. The van der Waals surface area contributed by atoms with Crippen molar-refractivity contribution in [2.45, 2.75) is 297 Å². The quantitative estimate of drug-likeness (QED) is 0.0194. The molecule has 110 heavy (non-hydrogen) atoms. The van der Waals surface area contributed by atoms with Crippen LogP contribution in [0.4, 0.5) is 4.79 Å². The second kappa shape index (κ2) is 79.6. The molecule has 0 saturated heterocycles. The normalized spacial score (nSPS) is 12.2. The van der Waals surface area contributed by atoms with Crippen LogP contribution in [0.3, 0.4) is 0 Å². The largest absolute Gasteiger partial charge is 0.475 e. The number of amides is 4. The van der Waals surface area contributed by atoms with E-state index in [1.807, 2.05) is 0 Å². The van der Waals surface area contributed by atoms with Crippen molar-refractivity contribution in [3.05, 3.63) is 25.3 Å². The van der Waals surface area contributed by atoms with Gasteiger partial charge in [-0.3, -0.25) is 36.7 Å². The lowest BCUT2D eigenvalue weighted by Crippen LogP contribution is -2.41. The van der Waals surface area contributed by atoms with Crippen LogP contribution in [0, 0.1) is 155 Å². The van der Waals surface area contributed by atoms with Crippen molar-refractivity contribution in [3.63, 3.8) is 0 Å². The molecular formula is C91H176N4O13P2. The van der Waals surface area contributed by atoms with Crippen LogP contribution in [-0.4, -0.2) is 109 Å². The molecular weight excluding hydrogens is 1420 g/mol. The first-order chi connectivity index (χ1) is 53.9. The summed E-state index contributed by atoms with van der Waals surface area (Å²) in [5.74, 6) is 58.0. The molecule has 0 aliphatic rings. The van der Waals surface area contributed by atoms with E-state index in [1.54, 1.807) is 0 Å². The molecule has 0 bridgehead atoms. The Kier molecular flexibility index (Phi) is 74.2. The Balaban J connectivity index is -0.000000257. The second-order valence-electron chi connectivity index (χ2n) is 26.8. The zero-order valence-electron chi connectivity index (χ0n) is 67.5. The molecule has 6 atom stereocenters. The molecule has 0 aromatic carbocycles. The molecule has 648 valence electrons. The molecule has 4 amide bonds. The maximum Gasteiger partial charge on any atom is 0.475 e. The lowest BCUT2D eigenvalue weighted by Gasteiger charge is -2.23. The zero-order chi connectivity index (χ0) is 80.3. The highest BCUT2D eigenvalue weighted by molar-refractivity contribution is 7.48. The van der Waals surface area contributed by atoms with Crippen molar-refractivity contribution in [2.75, 3.05) is 79.2 Å². The van der Waals surface area contributed by atoms with Gasteiger partial charge in [-0.1, -0.05) is 244 Å². The Morgan fingerprint density at radius 1 is 0.364 bits per heavy atom. The second-order valence-corrected chi connectivity index (χ2v) is 30.1. The topological polar surface area (TPSA) is 207 Å². The summed E-state index contributed by atoms with van der Waals surface area (Å²) in [4.78, 5) is 40.0. The summed E-state index contributed by atoms with van der Waals surface area (Å²) < 4.78 is 75.0. The molecule has 0 saturated carbocycles. The third-order valence-corrected chi connectivity index (χ3v) is 20.0. The van der Waals surface area contributed by atoms with E-state index in [9.17, 15) is 23.5 Å². The predicted molar refractivity (Wildman–Crippen MR) is 495 cm³/mol. The fourth-order valence-electron chi connectivity index (χ4n) is 11.1. The van der Waals surface area contributed by atoms with Crippen molar-refractivity contribution in [1.82, 2.24) is 21.3 Å². The van der Waals surface area contributed by atoms with Gasteiger partial charge in [-0.15, -0.1) is 26.0 Å². The monoisotopic (exact) mass is 1600 g/mol. The Morgan fingerprint density at radius 2 is 0.655 bits per heavy atom. The van der Waals surface area contributed by atoms with Crippen LogP contribution < -0.4 is 21.3 Å². The van der Waals surface area contributed by atoms with Crippen LogP contribution in [-0.2, 0) is 55.3 Å². The van der Waals surface area contributed by atoms with Gasteiger partial charge in [0.2, 0.25) is 11.8 Å². The number of urea groups is 1. The van der Waals surface area contributed by atoms with E-state index in [2.05, 4.69) is 192 Å². The summed E-state index contributed by atoms with van der Waals surface area (Å²) in [7, 11) is -8.62. The maximum absolute atomic E-state index is 14.1. The van der Waals surface area contributed by atoms with Crippen LogP contribution in [0.15, 0.2) is 25.3 Å². The summed E-state index contributed by atoms with van der Waals surface area (Å²) >= 11 is 0. The lowest BCUT2D eigenvalue weighted by atomic mass is 9.94. The fourth-order valence-corrected chi connectivity index (χ4v) is 13.4. The van der Waals surface area contributed by atoms with Gasteiger partial charge in [0.25, 0.3) is 0 Å². The molecule has 0 fully saturated rings. The molecule has 0 spiro atoms. The van der Waals surface area contributed by atoms with Crippen LogP contribution in [0.1, 0.15) is 316 Å². The molecule has 0 aromatic heterocycles. The van der Waals surface area contributed by atoms with Gasteiger partial charge in [0.1, 0.15) is 0 Å². The smallest absolute Gasteiger partial charge is 0.379 e. The Hall–Kier alpha value is -7.45. The number of rotatable bonds is 70. The standard InChI is InChI=1S/C91H132N4O13P2.22H2/c1-9-17-23-29-33-37-41-45-49-55-61-67-85(65-59-53-27-21-13-5)71-77-101-81-87(94-89(96)69-63-57-51-47-43-39-35-31-25-19-11-3)83-107-109(99,103-75-15-7)105-79-73-92-91(98)93-74-80-106-110(100,104-76-16-8)108-84-88(95-90(97)70-64-58-52-48-44-40-36-32-26-20-12-4)82-102-78-72-86(66-60-54-28-22-14-6)68-62-56-50-46-42-38-34-30-24-18-10-2;;;;;;;;;;;;;;;;;;;;;;/h1-2,15-16,85-88H,7-8,11-14,19-22,25-28,31-32,35-36,39-40,43-44,47-48,51-54,57-60,63-84H2,3-6H3,(H,94,96)(H,95,97)(H2,92,93,98);22*1H/t85-,86-,87-,88-,109?,110?;;;;;;;;;;;;;;;;;;;;;;/m1....................../s1. The van der Waals surface area contributed by atoms with E-state index in [-0.39, 0.29) is 121 Å². The van der Waals surface area contributed by atoms with Gasteiger partial charge in [0, 0.05) is 83.4 Å². The van der Waals surface area contributed by atoms with Crippen LogP contribution in [0.2, 0.25) is 0 Å². The number of hydrogen-bond acceptors (Lipinski definition) is 13. The summed E-state index contributed by atoms with van der Waals surface area (Å²) in [6, 6.07) is -2.08. The number of phosphoric acid groups is 2. The molecule has 0 aliphatic carbocycles. The number of hydrogen-bond donors (Lipinski definition) is 4. The number of unbranched alkanes of at least 4 members (excludes halogenated alkanes) is 28. The predicted octanol–water partition coefficient (Wildman–Crippen LogP) is 23.6. The van der Waals surface area contributed by atoms with Gasteiger partial charge >= 0.3 is 21.7 Å². The molecule has 0 rings (SSSR count). The number of carbonyl (C=O) groups excluding carboxylic acids is 3. The van der Waals surface area contributed by atoms with Gasteiger partial charge in [-0.25, -0.2) is 13.9 Å². The van der Waals surface area contributed by atoms with Crippen molar-refractivity contribution in [2.24, 2.45) is 11.8 Å². The van der Waals surface area contributed by atoms with Gasteiger partial charge in [0.05, 0.1) is 64.9 Å². The van der Waals surface area contributed by atoms with E-state index in [1.165, 1.54) is 128 Å². The van der Waals surface area contributed by atoms with Crippen molar-refractivity contribution in [3.8, 4) is 143 Å². The lowest BCUT2D eigenvalue weighted by molar-refractivity contribution is -0.123. The summed E-state index contributed by atoms with van der Waals surface area (Å²) in [6.45, 7) is 15.3. The third-order valence-electron chi connectivity index (χ3n) is 17.1. The van der Waals surface area contributed by atoms with Gasteiger partial charge in [-0.2, -0.15) is 0 Å². The number of terminal acetylenes is 2. The fraction of sp³-hybridized carbons (Fsp3) is 0.659. The molecule has 17 nitrogen and oxygen atoms in total. The average Bonchev–Trinajstić information content (AvgIpc) is 0.889. The third kappa shape index (κ3) is 70.9. The first-order valence-corrected chi connectivity index (χ1v) is 43.7. The molecule has 0 heterocycles. The Bertz CT molecular complexity index is 3230. The molecule has 4 N–H and O–H groups in total. The van der Waals surface area contributed by atoms with Crippen LogP contribution in [0.5, 0.6) is 0 Å². The molecule has 19 heteroatoms. The molecule has 2 unspecified atom stereocenters. The van der Waals surface area contributed by atoms with Crippen molar-refractivity contribution >= 4 is 33.5 Å². The molecule has 0 radical (unpaired) electrons. The van der Waals surface area contributed by atoms with E-state index >= 15 is 0 Å². The van der Waals surface area contributed by atoms with Gasteiger partial charge < -0.3 is 30.7 Å². The number of ether oxygens (including phenoxy) is 2. The number of nitrogens with one attached hydrogen (secondary N) is 4. The SMILES string of the molecule is C#CC#CC#CC#CC#CC#CC[C@@H](CCCCCCC)CCOC[C@H](COP(=O)(OCC=C)OCCNC(=O)NCCOP(=O)(OCC=C)OC[C@@H](COCC[C@@H](CC#CC#CC#CC#CC#CC#C)CCCCCCC)NC(=O)CCCCCCCCCCCCC)NC(=O)CCCCCCCCCCCCC.[HH].[HH].[HH].[HH].[HH].[HH].[HH].[HH].[HH].[HH].[HH].[HH].[HH].[HH].[HH].[HH].[HH].[HH].[HH].[HH].[HH].[HH]. The average molecular weight is 1600 g/mol.